The lowest BCUT2D eigenvalue weighted by atomic mass is 10.0. The van der Waals surface area contributed by atoms with Gasteiger partial charge in [-0.2, -0.15) is 0 Å². The lowest BCUT2D eigenvalue weighted by Gasteiger charge is -2.10. The molecule has 142 valence electrons. The Kier molecular flexibility index (Phi) is 7.61. The second-order valence-corrected chi connectivity index (χ2v) is 8.02. The van der Waals surface area contributed by atoms with Crippen molar-refractivity contribution >= 4 is 52.5 Å². The van der Waals surface area contributed by atoms with Gasteiger partial charge in [0.2, 0.25) is 0 Å². The third-order valence-corrected chi connectivity index (χ3v) is 5.61. The number of carbonyl (C=O) groups excluding carboxylic acids is 1. The Morgan fingerprint density at radius 2 is 1.57 bits per heavy atom. The van der Waals surface area contributed by atoms with Crippen LogP contribution >= 0.6 is 35.0 Å². The third kappa shape index (κ3) is 5.90. The normalized spacial score (nSPS) is 11.3. The second kappa shape index (κ2) is 10.4. The van der Waals surface area contributed by atoms with E-state index in [1.54, 1.807) is 11.8 Å². The smallest absolute Gasteiger partial charge is 0.251 e. The fraction of sp³-hybridized carbons (Fsp3) is 0.0870. The molecule has 0 aliphatic heterocycles. The first kappa shape index (κ1) is 20.5. The van der Waals surface area contributed by atoms with Gasteiger partial charge in [-0.15, -0.1) is 11.8 Å². The Morgan fingerprint density at radius 3 is 2.29 bits per heavy atom. The van der Waals surface area contributed by atoms with Crippen LogP contribution in [0.25, 0.3) is 11.6 Å². The van der Waals surface area contributed by atoms with Gasteiger partial charge in [-0.25, -0.2) is 0 Å². The van der Waals surface area contributed by atoms with E-state index in [1.807, 2.05) is 84.9 Å². The SMILES string of the molecule is O=C(NCCSc1ccc(Cl)cc1)/C(=C/c1ccccc1Cl)c1ccccc1. The van der Waals surface area contributed by atoms with Gasteiger partial charge in [0.05, 0.1) is 0 Å². The van der Waals surface area contributed by atoms with E-state index in [-0.39, 0.29) is 5.91 Å². The van der Waals surface area contributed by atoms with E-state index in [1.165, 1.54) is 0 Å². The van der Waals surface area contributed by atoms with Crippen LogP contribution in [0.1, 0.15) is 11.1 Å². The summed E-state index contributed by atoms with van der Waals surface area (Å²) in [5.74, 6) is 0.643. The van der Waals surface area contributed by atoms with Gasteiger partial charge < -0.3 is 5.32 Å². The van der Waals surface area contributed by atoms with Crippen molar-refractivity contribution in [2.45, 2.75) is 4.90 Å². The highest BCUT2D eigenvalue weighted by Crippen LogP contribution is 2.24. The summed E-state index contributed by atoms with van der Waals surface area (Å²) < 4.78 is 0. The van der Waals surface area contributed by atoms with Crippen LogP contribution in [0.15, 0.2) is 83.8 Å². The number of amides is 1. The Labute approximate surface area is 179 Å². The monoisotopic (exact) mass is 427 g/mol. The maximum atomic E-state index is 12.9. The molecule has 0 heterocycles. The van der Waals surface area contributed by atoms with Gasteiger partial charge in [0, 0.05) is 32.8 Å². The van der Waals surface area contributed by atoms with Crippen molar-refractivity contribution in [1.82, 2.24) is 5.32 Å². The summed E-state index contributed by atoms with van der Waals surface area (Å²) >= 11 is 13.9. The number of hydrogen-bond donors (Lipinski definition) is 1. The van der Waals surface area contributed by atoms with Crippen molar-refractivity contribution in [2.75, 3.05) is 12.3 Å². The molecule has 0 aliphatic carbocycles. The minimum absolute atomic E-state index is 0.122. The molecule has 0 aliphatic rings. The van der Waals surface area contributed by atoms with Gasteiger partial charge in [-0.3, -0.25) is 4.79 Å². The molecule has 1 N–H and O–H groups in total. The van der Waals surface area contributed by atoms with Crippen LogP contribution in [-0.4, -0.2) is 18.2 Å². The van der Waals surface area contributed by atoms with Crippen molar-refractivity contribution < 1.29 is 4.79 Å². The maximum absolute atomic E-state index is 12.9. The van der Waals surface area contributed by atoms with Gasteiger partial charge in [0.1, 0.15) is 0 Å². The van der Waals surface area contributed by atoms with E-state index in [0.717, 1.165) is 26.8 Å². The minimum Gasteiger partial charge on any atom is -0.351 e. The Balaban J connectivity index is 1.69. The largest absolute Gasteiger partial charge is 0.351 e. The lowest BCUT2D eigenvalue weighted by molar-refractivity contribution is -0.115. The average molecular weight is 428 g/mol. The maximum Gasteiger partial charge on any atom is 0.251 e. The van der Waals surface area contributed by atoms with E-state index in [9.17, 15) is 4.79 Å². The Morgan fingerprint density at radius 1 is 0.893 bits per heavy atom. The molecule has 3 aromatic rings. The molecular weight excluding hydrogens is 409 g/mol. The predicted octanol–water partition coefficient (Wildman–Crippen LogP) is 6.44. The highest BCUT2D eigenvalue weighted by atomic mass is 35.5. The zero-order valence-electron chi connectivity index (χ0n) is 15.1. The number of nitrogens with one attached hydrogen (secondary N) is 1. The molecule has 0 aromatic heterocycles. The molecule has 2 nitrogen and oxygen atoms in total. The van der Waals surface area contributed by atoms with Crippen LogP contribution in [0.3, 0.4) is 0 Å². The molecule has 1 amide bonds. The van der Waals surface area contributed by atoms with Crippen molar-refractivity contribution in [1.29, 1.82) is 0 Å². The van der Waals surface area contributed by atoms with E-state index in [2.05, 4.69) is 5.32 Å². The van der Waals surface area contributed by atoms with Crippen LogP contribution in [-0.2, 0) is 4.79 Å². The summed E-state index contributed by atoms with van der Waals surface area (Å²) in [7, 11) is 0. The van der Waals surface area contributed by atoms with Gasteiger partial charge in [0.25, 0.3) is 5.91 Å². The van der Waals surface area contributed by atoms with Crippen LogP contribution in [0.4, 0.5) is 0 Å². The van der Waals surface area contributed by atoms with E-state index < -0.39 is 0 Å². The standard InChI is InChI=1S/C23H19Cl2NOS/c24-19-10-12-20(13-11-19)28-15-14-26-23(27)21(17-6-2-1-3-7-17)16-18-8-4-5-9-22(18)25/h1-13,16H,14-15H2,(H,26,27)/b21-16+. The van der Waals surface area contributed by atoms with E-state index in [4.69, 9.17) is 23.2 Å². The fourth-order valence-electron chi connectivity index (χ4n) is 2.60. The number of rotatable bonds is 7. The van der Waals surface area contributed by atoms with Gasteiger partial charge >= 0.3 is 0 Å². The molecule has 5 heteroatoms. The third-order valence-electron chi connectivity index (χ3n) is 4.00. The first-order valence-corrected chi connectivity index (χ1v) is 10.6. The van der Waals surface area contributed by atoms with Crippen LogP contribution in [0.5, 0.6) is 0 Å². The van der Waals surface area contributed by atoms with Crippen molar-refractivity contribution in [3.63, 3.8) is 0 Å². The number of benzene rings is 3. The first-order valence-electron chi connectivity index (χ1n) is 8.82. The minimum atomic E-state index is -0.122. The molecule has 0 bridgehead atoms. The summed E-state index contributed by atoms with van der Waals surface area (Å²) in [5, 5.41) is 4.34. The topological polar surface area (TPSA) is 29.1 Å². The number of thioether (sulfide) groups is 1. The van der Waals surface area contributed by atoms with E-state index in [0.29, 0.717) is 17.1 Å². The van der Waals surface area contributed by atoms with Crippen LogP contribution in [0, 0.1) is 0 Å². The van der Waals surface area contributed by atoms with Crippen molar-refractivity contribution in [3.05, 3.63) is 100 Å². The highest BCUT2D eigenvalue weighted by Gasteiger charge is 2.12. The lowest BCUT2D eigenvalue weighted by Crippen LogP contribution is -2.26. The van der Waals surface area contributed by atoms with Gasteiger partial charge in [-0.05, 0) is 47.5 Å². The first-order chi connectivity index (χ1) is 13.6. The summed E-state index contributed by atoms with van der Waals surface area (Å²) in [5.41, 5.74) is 2.25. The molecule has 28 heavy (non-hydrogen) atoms. The van der Waals surface area contributed by atoms with Gasteiger partial charge in [-0.1, -0.05) is 71.7 Å². The fourth-order valence-corrected chi connectivity index (χ4v) is 3.69. The quantitative estimate of drug-likeness (QED) is 0.203. The molecular formula is C23H19Cl2NOS. The molecule has 3 rings (SSSR count). The summed E-state index contributed by atoms with van der Waals surface area (Å²) in [6.45, 7) is 0.554. The van der Waals surface area contributed by atoms with Crippen molar-refractivity contribution in [3.8, 4) is 0 Å². The number of halogens is 2. The summed E-state index contributed by atoms with van der Waals surface area (Å²) in [6, 6.07) is 24.8. The Bertz CT molecular complexity index is 956. The van der Waals surface area contributed by atoms with E-state index >= 15 is 0 Å². The van der Waals surface area contributed by atoms with Gasteiger partial charge in [0.15, 0.2) is 0 Å². The second-order valence-electron chi connectivity index (χ2n) is 6.00. The molecule has 0 atom stereocenters. The highest BCUT2D eigenvalue weighted by molar-refractivity contribution is 7.99. The molecule has 0 unspecified atom stereocenters. The molecule has 3 aromatic carbocycles. The predicted molar refractivity (Wildman–Crippen MR) is 121 cm³/mol. The molecule has 0 spiro atoms. The number of hydrogen-bond acceptors (Lipinski definition) is 2. The Hall–Kier alpha value is -2.20. The molecule has 0 saturated heterocycles. The van der Waals surface area contributed by atoms with Crippen LogP contribution < -0.4 is 5.32 Å². The zero-order chi connectivity index (χ0) is 19.8. The van der Waals surface area contributed by atoms with Crippen molar-refractivity contribution in [2.24, 2.45) is 0 Å². The number of carbonyl (C=O) groups is 1. The van der Waals surface area contributed by atoms with Crippen LogP contribution in [0.2, 0.25) is 10.0 Å². The zero-order valence-corrected chi connectivity index (χ0v) is 17.4. The summed E-state index contributed by atoms with van der Waals surface area (Å²) in [6.07, 6.45) is 1.83. The molecule has 0 saturated carbocycles. The molecule has 0 radical (unpaired) electrons. The average Bonchev–Trinajstić information content (AvgIpc) is 2.72. The molecule has 0 fully saturated rings. The summed E-state index contributed by atoms with van der Waals surface area (Å²) in [4.78, 5) is 14.0.